The van der Waals surface area contributed by atoms with Gasteiger partial charge in [0.1, 0.15) is 46.0 Å². The molecule has 8 heteroatoms. The van der Waals surface area contributed by atoms with Crippen LogP contribution >= 0.6 is 0 Å². The van der Waals surface area contributed by atoms with Crippen molar-refractivity contribution in [2.75, 3.05) is 56.9 Å². The number of ether oxygens (including phenoxy) is 8. The fourth-order valence-electron chi connectivity index (χ4n) is 8.36. The molecule has 0 atom stereocenters. The largest absolute Gasteiger partial charge is 0.496 e. The van der Waals surface area contributed by atoms with Gasteiger partial charge < -0.3 is 37.9 Å². The number of rotatable bonds is 14. The molecular weight excluding hydrogens is 777 g/mol. The Bertz CT molecular complexity index is 2700. The third kappa shape index (κ3) is 7.34. The maximum atomic E-state index is 6.19. The first-order valence-corrected chi connectivity index (χ1v) is 20.1. The highest BCUT2D eigenvalue weighted by molar-refractivity contribution is 6.10. The molecule has 0 amide bonds. The SMILES string of the molecule is COc1cc(-c2ccc(-c3ccccc3)cc2)c(OC)c2c(OC)cc(C=Cc3cc(OC)c4c(OC)c(-c5ccc(-c6ccccc6)cc5)cc(OC)c4c3OC)c(OC)c12. The number of methoxy groups -OCH3 is 8. The van der Waals surface area contributed by atoms with Crippen LogP contribution in [0.5, 0.6) is 46.0 Å². The van der Waals surface area contributed by atoms with E-state index in [9.17, 15) is 0 Å². The molecule has 0 aliphatic heterocycles. The van der Waals surface area contributed by atoms with Crippen LogP contribution in [0.25, 0.3) is 78.2 Å². The highest BCUT2D eigenvalue weighted by Gasteiger charge is 2.26. The summed E-state index contributed by atoms with van der Waals surface area (Å²) < 4.78 is 49.1. The Balaban J connectivity index is 1.26. The molecule has 8 aromatic carbocycles. The summed E-state index contributed by atoms with van der Waals surface area (Å²) >= 11 is 0. The number of benzene rings is 8. The molecule has 8 aromatic rings. The van der Waals surface area contributed by atoms with Crippen LogP contribution in [0.2, 0.25) is 0 Å². The number of hydrogen-bond donors (Lipinski definition) is 0. The maximum Gasteiger partial charge on any atom is 0.138 e. The molecule has 0 radical (unpaired) electrons. The second kappa shape index (κ2) is 18.0. The summed E-state index contributed by atoms with van der Waals surface area (Å²) in [5.74, 6) is 4.77. The average Bonchev–Trinajstić information content (AvgIpc) is 3.34. The Morgan fingerprint density at radius 3 is 0.855 bits per heavy atom. The zero-order valence-electron chi connectivity index (χ0n) is 36.1. The van der Waals surface area contributed by atoms with Crippen molar-refractivity contribution in [2.24, 2.45) is 0 Å². The van der Waals surface area contributed by atoms with Crippen molar-refractivity contribution in [1.29, 1.82) is 0 Å². The summed E-state index contributed by atoms with van der Waals surface area (Å²) in [5, 5.41) is 2.85. The van der Waals surface area contributed by atoms with E-state index in [0.29, 0.717) is 56.8 Å². The summed E-state index contributed by atoms with van der Waals surface area (Å²) in [7, 11) is 13.2. The second-order valence-electron chi connectivity index (χ2n) is 14.4. The lowest BCUT2D eigenvalue weighted by atomic mass is 9.93. The zero-order chi connectivity index (χ0) is 43.3. The monoisotopic (exact) mass is 824 g/mol. The van der Waals surface area contributed by atoms with Gasteiger partial charge in [0.2, 0.25) is 0 Å². The number of hydrogen-bond acceptors (Lipinski definition) is 8. The quantitative estimate of drug-likeness (QED) is 0.100. The standard InChI is InChI=1S/C54H48O8/c1-55-43-29-39(51(59-5)47-45(57-3)31-41(53(61-7)49(43)47)37-23-19-35(20-24-37)33-15-11-9-12-16-33)27-28-40-30-44(56-2)50-48(52(40)60-6)46(58-4)32-42(54(50)62-8)38-25-21-36(22-26-38)34-17-13-10-14-18-34/h9-32H,1-8H3. The Hall–Kier alpha value is -7.58. The van der Waals surface area contributed by atoms with Gasteiger partial charge in [-0.3, -0.25) is 0 Å². The number of fused-ring (bicyclic) bond motifs is 2. The van der Waals surface area contributed by atoms with E-state index in [2.05, 4.69) is 72.8 Å². The van der Waals surface area contributed by atoms with E-state index < -0.39 is 0 Å². The van der Waals surface area contributed by atoms with Crippen molar-refractivity contribution >= 4 is 33.7 Å². The summed E-state index contributed by atoms with van der Waals surface area (Å²) in [4.78, 5) is 0. The Morgan fingerprint density at radius 1 is 0.274 bits per heavy atom. The molecule has 0 aliphatic rings. The lowest BCUT2D eigenvalue weighted by molar-refractivity contribution is 0.392. The van der Waals surface area contributed by atoms with Gasteiger partial charge in [0.05, 0.1) is 78.4 Å². The van der Waals surface area contributed by atoms with E-state index in [1.165, 1.54) is 0 Å². The van der Waals surface area contributed by atoms with E-state index >= 15 is 0 Å². The van der Waals surface area contributed by atoms with Crippen molar-refractivity contribution < 1.29 is 37.9 Å². The average molecular weight is 825 g/mol. The predicted octanol–water partition coefficient (Wildman–Crippen LogP) is 12.9. The van der Waals surface area contributed by atoms with E-state index in [0.717, 1.165) is 66.4 Å². The van der Waals surface area contributed by atoms with Gasteiger partial charge in [0, 0.05) is 22.3 Å². The smallest absolute Gasteiger partial charge is 0.138 e. The summed E-state index contributed by atoms with van der Waals surface area (Å²) in [6, 6.07) is 45.2. The van der Waals surface area contributed by atoms with Crippen LogP contribution in [0.4, 0.5) is 0 Å². The van der Waals surface area contributed by atoms with Crippen molar-refractivity contribution in [3.8, 4) is 90.5 Å². The lowest BCUT2D eigenvalue weighted by Gasteiger charge is -2.21. The molecule has 0 aromatic heterocycles. The molecule has 0 unspecified atom stereocenters. The summed E-state index contributed by atoms with van der Waals surface area (Å²) in [5.41, 5.74) is 9.61. The molecule has 0 spiro atoms. The Kier molecular flexibility index (Phi) is 11.9. The van der Waals surface area contributed by atoms with Gasteiger partial charge in [-0.05, 0) is 57.6 Å². The van der Waals surface area contributed by atoms with Crippen LogP contribution in [0.15, 0.2) is 133 Å². The van der Waals surface area contributed by atoms with Crippen LogP contribution in [-0.2, 0) is 0 Å². The third-order valence-corrected chi connectivity index (χ3v) is 11.3. The van der Waals surface area contributed by atoms with Crippen molar-refractivity contribution in [3.63, 3.8) is 0 Å². The minimum absolute atomic E-state index is 0.576. The molecule has 8 nitrogen and oxygen atoms in total. The van der Waals surface area contributed by atoms with Crippen LogP contribution in [0.3, 0.4) is 0 Å². The molecule has 0 aliphatic carbocycles. The van der Waals surface area contributed by atoms with E-state index in [1.54, 1.807) is 56.9 Å². The van der Waals surface area contributed by atoms with Crippen LogP contribution in [0.1, 0.15) is 11.1 Å². The van der Waals surface area contributed by atoms with E-state index in [4.69, 9.17) is 37.9 Å². The molecular formula is C54H48O8. The second-order valence-corrected chi connectivity index (χ2v) is 14.4. The molecule has 8 rings (SSSR count). The molecule has 0 saturated heterocycles. The molecule has 0 N–H and O–H groups in total. The van der Waals surface area contributed by atoms with Gasteiger partial charge in [0.25, 0.3) is 0 Å². The topological polar surface area (TPSA) is 73.8 Å². The van der Waals surface area contributed by atoms with E-state index in [-0.39, 0.29) is 0 Å². The highest BCUT2D eigenvalue weighted by Crippen LogP contribution is 2.53. The molecule has 0 fully saturated rings. The molecule has 62 heavy (non-hydrogen) atoms. The van der Waals surface area contributed by atoms with Gasteiger partial charge in [0.15, 0.2) is 0 Å². The first kappa shape index (κ1) is 41.2. The Labute approximate surface area is 362 Å². The van der Waals surface area contributed by atoms with E-state index in [1.807, 2.05) is 72.8 Å². The van der Waals surface area contributed by atoms with Gasteiger partial charge in [-0.15, -0.1) is 0 Å². The minimum atomic E-state index is 0.576. The predicted molar refractivity (Wildman–Crippen MR) is 251 cm³/mol. The van der Waals surface area contributed by atoms with Gasteiger partial charge >= 0.3 is 0 Å². The first-order chi connectivity index (χ1) is 30.4. The van der Waals surface area contributed by atoms with Gasteiger partial charge in [-0.25, -0.2) is 0 Å². The molecule has 0 saturated carbocycles. The molecule has 0 heterocycles. The van der Waals surface area contributed by atoms with Crippen molar-refractivity contribution in [1.82, 2.24) is 0 Å². The Morgan fingerprint density at radius 2 is 0.548 bits per heavy atom. The molecule has 0 bridgehead atoms. The van der Waals surface area contributed by atoms with Crippen LogP contribution in [0, 0.1) is 0 Å². The van der Waals surface area contributed by atoms with Gasteiger partial charge in [-0.1, -0.05) is 121 Å². The van der Waals surface area contributed by atoms with Crippen molar-refractivity contribution in [2.45, 2.75) is 0 Å². The minimum Gasteiger partial charge on any atom is -0.496 e. The normalized spacial score (nSPS) is 11.2. The highest BCUT2D eigenvalue weighted by atomic mass is 16.5. The summed E-state index contributed by atoms with van der Waals surface area (Å²) in [6.45, 7) is 0. The van der Waals surface area contributed by atoms with Crippen LogP contribution < -0.4 is 37.9 Å². The lowest BCUT2D eigenvalue weighted by Crippen LogP contribution is -2.00. The maximum absolute atomic E-state index is 6.19. The van der Waals surface area contributed by atoms with Crippen molar-refractivity contribution in [3.05, 3.63) is 145 Å². The zero-order valence-corrected chi connectivity index (χ0v) is 36.1. The first-order valence-electron chi connectivity index (χ1n) is 20.1. The van der Waals surface area contributed by atoms with Crippen LogP contribution in [-0.4, -0.2) is 56.9 Å². The fraction of sp³-hybridized carbons (Fsp3) is 0.148. The summed E-state index contributed by atoms with van der Waals surface area (Å²) in [6.07, 6.45) is 3.91. The fourth-order valence-corrected chi connectivity index (χ4v) is 8.36. The third-order valence-electron chi connectivity index (χ3n) is 11.3. The molecule has 312 valence electrons. The van der Waals surface area contributed by atoms with Gasteiger partial charge in [-0.2, -0.15) is 0 Å².